The van der Waals surface area contributed by atoms with Gasteiger partial charge in [0.25, 0.3) is 0 Å². The van der Waals surface area contributed by atoms with E-state index < -0.39 is 11.6 Å². The quantitative estimate of drug-likeness (QED) is 0.723. The summed E-state index contributed by atoms with van der Waals surface area (Å²) in [7, 11) is 0. The van der Waals surface area contributed by atoms with Gasteiger partial charge in [-0.25, -0.2) is 18.7 Å². The van der Waals surface area contributed by atoms with E-state index in [-0.39, 0.29) is 6.04 Å². The van der Waals surface area contributed by atoms with E-state index in [4.69, 9.17) is 4.98 Å². The Balaban J connectivity index is 1.57. The summed E-state index contributed by atoms with van der Waals surface area (Å²) in [6.07, 6.45) is 7.37. The van der Waals surface area contributed by atoms with Crippen LogP contribution in [0.3, 0.4) is 0 Å². The largest absolute Gasteiger partial charge is 0.291 e. The number of rotatable bonds is 4. The molecule has 3 heterocycles. The highest BCUT2D eigenvalue weighted by Crippen LogP contribution is 2.32. The van der Waals surface area contributed by atoms with Gasteiger partial charge in [-0.05, 0) is 49.2 Å². The van der Waals surface area contributed by atoms with Crippen molar-refractivity contribution in [3.63, 3.8) is 0 Å². The first-order chi connectivity index (χ1) is 12.2. The lowest BCUT2D eigenvalue weighted by molar-refractivity contribution is 0.244. The number of nitrogens with zero attached hydrogens (tertiary/aromatic N) is 4. The Kier molecular flexibility index (Phi) is 4.28. The Morgan fingerprint density at radius 1 is 1.12 bits per heavy atom. The minimum absolute atomic E-state index is 0.177. The molecule has 4 nitrogen and oxygen atoms in total. The van der Waals surface area contributed by atoms with Gasteiger partial charge in [0.2, 0.25) is 0 Å². The number of aromatic nitrogens is 3. The molecule has 0 amide bonds. The summed E-state index contributed by atoms with van der Waals surface area (Å²) in [6.45, 7) is 1.50. The van der Waals surface area contributed by atoms with E-state index in [0.717, 1.165) is 36.5 Å². The van der Waals surface area contributed by atoms with E-state index in [2.05, 4.69) is 9.88 Å². The van der Waals surface area contributed by atoms with Gasteiger partial charge in [-0.15, -0.1) is 0 Å². The molecule has 0 radical (unpaired) electrons. The second-order valence-electron chi connectivity index (χ2n) is 6.27. The zero-order chi connectivity index (χ0) is 17.2. The number of benzene rings is 1. The third-order valence-electron chi connectivity index (χ3n) is 4.60. The van der Waals surface area contributed by atoms with Crippen LogP contribution in [-0.2, 0) is 6.54 Å². The van der Waals surface area contributed by atoms with Crippen molar-refractivity contribution in [2.75, 3.05) is 6.54 Å². The third-order valence-corrected chi connectivity index (χ3v) is 4.60. The summed E-state index contributed by atoms with van der Waals surface area (Å²) < 4.78 is 28.5. The van der Waals surface area contributed by atoms with Crippen LogP contribution in [0.2, 0.25) is 0 Å². The first kappa shape index (κ1) is 15.9. The van der Waals surface area contributed by atoms with Crippen LogP contribution in [0, 0.1) is 11.6 Å². The Morgan fingerprint density at radius 2 is 2.04 bits per heavy atom. The molecule has 25 heavy (non-hydrogen) atoms. The smallest absolute Gasteiger partial charge is 0.159 e. The standard InChI is InChI=1S/C19H18F2N4/c20-15-7-6-14(11-16(15)21)12-24-9-2-4-18(24)17-3-1-5-19(23-17)25-10-8-22-13-25/h1,3,5-8,10-11,13,18H,2,4,9,12H2/t18-/m1/s1. The Hall–Kier alpha value is -2.60. The van der Waals surface area contributed by atoms with E-state index >= 15 is 0 Å². The van der Waals surface area contributed by atoms with Gasteiger partial charge >= 0.3 is 0 Å². The molecule has 1 aliphatic rings. The summed E-state index contributed by atoms with van der Waals surface area (Å²) in [4.78, 5) is 11.1. The highest BCUT2D eigenvalue weighted by atomic mass is 19.2. The van der Waals surface area contributed by atoms with E-state index in [1.165, 1.54) is 12.1 Å². The minimum Gasteiger partial charge on any atom is -0.291 e. The molecular weight excluding hydrogens is 322 g/mol. The molecule has 1 aliphatic heterocycles. The van der Waals surface area contributed by atoms with Crippen LogP contribution in [0.25, 0.3) is 5.82 Å². The zero-order valence-electron chi connectivity index (χ0n) is 13.6. The molecule has 2 aromatic heterocycles. The molecule has 0 unspecified atom stereocenters. The molecule has 0 aliphatic carbocycles. The molecule has 1 atom stereocenters. The normalized spacial score (nSPS) is 17.9. The number of pyridine rings is 1. The highest BCUT2D eigenvalue weighted by molar-refractivity contribution is 5.26. The predicted octanol–water partition coefficient (Wildman–Crippen LogP) is 3.88. The molecule has 0 bridgehead atoms. The lowest BCUT2D eigenvalue weighted by atomic mass is 10.1. The molecular formula is C19H18F2N4. The Labute approximate surface area is 144 Å². The van der Waals surface area contributed by atoms with Gasteiger partial charge in [0.05, 0.1) is 11.7 Å². The fourth-order valence-electron chi connectivity index (χ4n) is 3.39. The number of imidazole rings is 1. The topological polar surface area (TPSA) is 34.0 Å². The summed E-state index contributed by atoms with van der Waals surface area (Å²) in [5.74, 6) is -0.778. The number of hydrogen-bond acceptors (Lipinski definition) is 3. The molecule has 1 aromatic carbocycles. The summed E-state index contributed by atoms with van der Waals surface area (Å²) in [6, 6.07) is 10.2. The summed E-state index contributed by atoms with van der Waals surface area (Å²) in [5.41, 5.74) is 1.77. The molecule has 128 valence electrons. The molecule has 1 saturated heterocycles. The average Bonchev–Trinajstić information content (AvgIpc) is 3.30. The molecule has 1 fully saturated rings. The third kappa shape index (κ3) is 3.30. The maximum atomic E-state index is 13.5. The van der Waals surface area contributed by atoms with Crippen molar-refractivity contribution in [1.29, 1.82) is 0 Å². The number of hydrogen-bond donors (Lipinski definition) is 0. The van der Waals surface area contributed by atoms with Crippen LogP contribution in [0.5, 0.6) is 0 Å². The summed E-state index contributed by atoms with van der Waals surface area (Å²) in [5, 5.41) is 0. The van der Waals surface area contributed by atoms with Gasteiger partial charge < -0.3 is 0 Å². The van der Waals surface area contributed by atoms with Gasteiger partial charge in [0, 0.05) is 18.9 Å². The monoisotopic (exact) mass is 340 g/mol. The van der Waals surface area contributed by atoms with Gasteiger partial charge in [-0.1, -0.05) is 12.1 Å². The van der Waals surface area contributed by atoms with Crippen LogP contribution < -0.4 is 0 Å². The van der Waals surface area contributed by atoms with Crippen molar-refractivity contribution < 1.29 is 8.78 Å². The zero-order valence-corrected chi connectivity index (χ0v) is 13.6. The fraction of sp³-hybridized carbons (Fsp3) is 0.263. The second kappa shape index (κ2) is 6.72. The van der Waals surface area contributed by atoms with Crippen molar-refractivity contribution in [1.82, 2.24) is 19.4 Å². The Bertz CT molecular complexity index is 864. The minimum atomic E-state index is -0.809. The van der Waals surface area contributed by atoms with Crippen LogP contribution in [0.4, 0.5) is 8.78 Å². The van der Waals surface area contributed by atoms with E-state index in [1.54, 1.807) is 18.6 Å². The van der Waals surface area contributed by atoms with Crippen molar-refractivity contribution in [3.05, 3.63) is 78.0 Å². The van der Waals surface area contributed by atoms with Crippen molar-refractivity contribution in [3.8, 4) is 5.82 Å². The van der Waals surface area contributed by atoms with Crippen LogP contribution >= 0.6 is 0 Å². The summed E-state index contributed by atoms with van der Waals surface area (Å²) >= 11 is 0. The SMILES string of the molecule is Fc1ccc(CN2CCC[C@@H]2c2cccc(-n3ccnc3)n2)cc1F. The van der Waals surface area contributed by atoms with Crippen molar-refractivity contribution >= 4 is 0 Å². The first-order valence-electron chi connectivity index (χ1n) is 8.34. The molecule has 4 rings (SSSR count). The lowest BCUT2D eigenvalue weighted by Crippen LogP contribution is -2.23. The van der Waals surface area contributed by atoms with Gasteiger partial charge in [-0.2, -0.15) is 0 Å². The molecule has 6 heteroatoms. The second-order valence-corrected chi connectivity index (χ2v) is 6.27. The van der Waals surface area contributed by atoms with Crippen LogP contribution in [0.15, 0.2) is 55.1 Å². The van der Waals surface area contributed by atoms with Crippen molar-refractivity contribution in [2.24, 2.45) is 0 Å². The first-order valence-corrected chi connectivity index (χ1v) is 8.34. The van der Waals surface area contributed by atoms with Crippen LogP contribution in [0.1, 0.15) is 30.1 Å². The molecule has 0 spiro atoms. The van der Waals surface area contributed by atoms with Gasteiger partial charge in [-0.3, -0.25) is 9.47 Å². The van der Waals surface area contributed by atoms with E-state index in [0.29, 0.717) is 6.54 Å². The molecule has 0 saturated carbocycles. The highest BCUT2D eigenvalue weighted by Gasteiger charge is 2.27. The Morgan fingerprint density at radius 3 is 2.84 bits per heavy atom. The van der Waals surface area contributed by atoms with Gasteiger partial charge in [0.15, 0.2) is 11.6 Å². The number of likely N-dealkylation sites (tertiary alicyclic amines) is 1. The van der Waals surface area contributed by atoms with E-state index in [1.807, 2.05) is 29.0 Å². The number of halogens is 2. The van der Waals surface area contributed by atoms with Gasteiger partial charge in [0.1, 0.15) is 12.1 Å². The fourth-order valence-corrected chi connectivity index (χ4v) is 3.39. The molecule has 0 N–H and O–H groups in total. The predicted molar refractivity (Wildman–Crippen MR) is 90.1 cm³/mol. The average molecular weight is 340 g/mol. The lowest BCUT2D eigenvalue weighted by Gasteiger charge is -2.24. The van der Waals surface area contributed by atoms with Crippen LogP contribution in [-0.4, -0.2) is 26.0 Å². The maximum absolute atomic E-state index is 13.5. The maximum Gasteiger partial charge on any atom is 0.159 e. The molecule has 3 aromatic rings. The van der Waals surface area contributed by atoms with Crippen molar-refractivity contribution in [2.45, 2.75) is 25.4 Å². The van der Waals surface area contributed by atoms with E-state index in [9.17, 15) is 8.78 Å².